The fourth-order valence-electron chi connectivity index (χ4n) is 1.51. The van der Waals surface area contributed by atoms with E-state index in [0.29, 0.717) is 0 Å². The monoisotopic (exact) mass is 205 g/mol. The fraction of sp³-hybridized carbons (Fsp3) is 1.00. The topological polar surface area (TPSA) is 21.7 Å². The molecule has 78 valence electrons. The molecule has 1 fully saturated rings. The summed E-state index contributed by atoms with van der Waals surface area (Å²) in [7, 11) is 3.38. The minimum Gasteiger partial charge on any atom is -0.355 e. The zero-order chi connectivity index (χ0) is 9.68. The van der Waals surface area contributed by atoms with E-state index in [1.165, 1.54) is 5.75 Å². The Kier molecular flexibility index (Phi) is 5.09. The molecule has 1 atom stereocenters. The Morgan fingerprint density at radius 1 is 1.46 bits per heavy atom. The Bertz CT molecular complexity index is 142. The molecular weight excluding hydrogens is 186 g/mol. The summed E-state index contributed by atoms with van der Waals surface area (Å²) in [5.41, 5.74) is 0. The van der Waals surface area contributed by atoms with Gasteiger partial charge in [-0.15, -0.1) is 0 Å². The standard InChI is InChI=1S/C9H19NO2S/c1-8-6-10(4-5-13-8)7-9(11-2)12-3/h8-9H,4-7H2,1-3H3. The van der Waals surface area contributed by atoms with E-state index >= 15 is 0 Å². The van der Waals surface area contributed by atoms with Gasteiger partial charge >= 0.3 is 0 Å². The quantitative estimate of drug-likeness (QED) is 0.639. The molecule has 4 heteroatoms. The summed E-state index contributed by atoms with van der Waals surface area (Å²) in [6, 6.07) is 0. The van der Waals surface area contributed by atoms with Crippen molar-refractivity contribution < 1.29 is 9.47 Å². The SMILES string of the molecule is COC(CN1CCSC(C)C1)OC. The Labute approximate surface area is 84.8 Å². The molecule has 0 bridgehead atoms. The molecule has 1 unspecified atom stereocenters. The lowest BCUT2D eigenvalue weighted by Gasteiger charge is -2.32. The van der Waals surface area contributed by atoms with E-state index in [2.05, 4.69) is 11.8 Å². The van der Waals surface area contributed by atoms with Gasteiger partial charge in [0.15, 0.2) is 6.29 Å². The molecular formula is C9H19NO2S. The van der Waals surface area contributed by atoms with Crippen LogP contribution >= 0.6 is 11.8 Å². The van der Waals surface area contributed by atoms with Crippen molar-refractivity contribution >= 4 is 11.8 Å². The molecule has 1 aliphatic heterocycles. The number of hydrogen-bond acceptors (Lipinski definition) is 4. The molecule has 1 heterocycles. The van der Waals surface area contributed by atoms with Crippen molar-refractivity contribution in [3.8, 4) is 0 Å². The molecule has 0 aromatic carbocycles. The van der Waals surface area contributed by atoms with Crippen LogP contribution in [0, 0.1) is 0 Å². The van der Waals surface area contributed by atoms with Gasteiger partial charge in [0.25, 0.3) is 0 Å². The third-order valence-electron chi connectivity index (χ3n) is 2.26. The second-order valence-electron chi connectivity index (χ2n) is 3.34. The average Bonchev–Trinajstić information content (AvgIpc) is 2.14. The maximum atomic E-state index is 5.17. The summed E-state index contributed by atoms with van der Waals surface area (Å²) in [6.07, 6.45) is -0.0738. The zero-order valence-corrected chi connectivity index (χ0v) is 9.47. The summed E-state index contributed by atoms with van der Waals surface area (Å²) >= 11 is 2.04. The van der Waals surface area contributed by atoms with Crippen LogP contribution in [0.4, 0.5) is 0 Å². The lowest BCUT2D eigenvalue weighted by Crippen LogP contribution is -2.42. The van der Waals surface area contributed by atoms with E-state index in [0.717, 1.165) is 24.9 Å². The molecule has 0 aromatic heterocycles. The van der Waals surface area contributed by atoms with Crippen LogP contribution in [0.3, 0.4) is 0 Å². The second-order valence-corrected chi connectivity index (χ2v) is 4.89. The second kappa shape index (κ2) is 5.86. The first-order valence-corrected chi connectivity index (χ1v) is 5.70. The molecule has 3 nitrogen and oxygen atoms in total. The van der Waals surface area contributed by atoms with Crippen molar-refractivity contribution in [2.45, 2.75) is 18.5 Å². The van der Waals surface area contributed by atoms with E-state index in [-0.39, 0.29) is 6.29 Å². The van der Waals surface area contributed by atoms with Gasteiger partial charge < -0.3 is 9.47 Å². The smallest absolute Gasteiger partial charge is 0.169 e. The first-order chi connectivity index (χ1) is 6.26. The van der Waals surface area contributed by atoms with Crippen molar-refractivity contribution in [2.75, 3.05) is 39.6 Å². The van der Waals surface area contributed by atoms with Gasteiger partial charge in [-0.05, 0) is 0 Å². The Balaban J connectivity index is 2.26. The maximum Gasteiger partial charge on any atom is 0.169 e. The molecule has 1 saturated heterocycles. The molecule has 0 radical (unpaired) electrons. The highest BCUT2D eigenvalue weighted by molar-refractivity contribution is 7.99. The van der Waals surface area contributed by atoms with E-state index in [1.54, 1.807) is 14.2 Å². The van der Waals surface area contributed by atoms with Gasteiger partial charge in [-0.2, -0.15) is 11.8 Å². The number of ether oxygens (including phenoxy) is 2. The van der Waals surface area contributed by atoms with Crippen molar-refractivity contribution in [3.05, 3.63) is 0 Å². The van der Waals surface area contributed by atoms with Crippen LogP contribution in [0.2, 0.25) is 0 Å². The largest absolute Gasteiger partial charge is 0.355 e. The number of nitrogens with zero attached hydrogens (tertiary/aromatic N) is 1. The van der Waals surface area contributed by atoms with E-state index in [4.69, 9.17) is 9.47 Å². The van der Waals surface area contributed by atoms with Gasteiger partial charge in [0.2, 0.25) is 0 Å². The lowest BCUT2D eigenvalue weighted by molar-refractivity contribution is -0.115. The summed E-state index contributed by atoms with van der Waals surface area (Å²) < 4.78 is 10.3. The van der Waals surface area contributed by atoms with Gasteiger partial charge in [-0.3, -0.25) is 4.90 Å². The number of methoxy groups -OCH3 is 2. The van der Waals surface area contributed by atoms with E-state index in [9.17, 15) is 0 Å². The van der Waals surface area contributed by atoms with E-state index in [1.807, 2.05) is 11.8 Å². The molecule has 0 saturated carbocycles. The number of rotatable bonds is 4. The normalized spacial score (nSPS) is 25.4. The molecule has 1 aliphatic rings. The third kappa shape index (κ3) is 3.85. The average molecular weight is 205 g/mol. The molecule has 0 aliphatic carbocycles. The van der Waals surface area contributed by atoms with Crippen LogP contribution in [-0.2, 0) is 9.47 Å². The highest BCUT2D eigenvalue weighted by Crippen LogP contribution is 2.17. The highest BCUT2D eigenvalue weighted by atomic mass is 32.2. The Morgan fingerprint density at radius 2 is 2.15 bits per heavy atom. The van der Waals surface area contributed by atoms with Gasteiger partial charge in [-0.25, -0.2) is 0 Å². The number of hydrogen-bond donors (Lipinski definition) is 0. The van der Waals surface area contributed by atoms with Crippen molar-refractivity contribution in [1.29, 1.82) is 0 Å². The first kappa shape index (κ1) is 11.3. The minimum absolute atomic E-state index is 0.0738. The minimum atomic E-state index is -0.0738. The Hall–Kier alpha value is 0.230. The third-order valence-corrected chi connectivity index (χ3v) is 3.39. The molecule has 1 rings (SSSR count). The fourth-order valence-corrected chi connectivity index (χ4v) is 2.59. The summed E-state index contributed by atoms with van der Waals surface area (Å²) in [6.45, 7) is 5.45. The molecule has 0 spiro atoms. The summed E-state index contributed by atoms with van der Waals surface area (Å²) in [5.74, 6) is 1.22. The van der Waals surface area contributed by atoms with Gasteiger partial charge in [0.1, 0.15) is 0 Å². The van der Waals surface area contributed by atoms with Crippen LogP contribution in [0.25, 0.3) is 0 Å². The maximum absolute atomic E-state index is 5.17. The first-order valence-electron chi connectivity index (χ1n) is 4.65. The van der Waals surface area contributed by atoms with Crippen molar-refractivity contribution in [1.82, 2.24) is 4.90 Å². The molecule has 0 N–H and O–H groups in total. The lowest BCUT2D eigenvalue weighted by atomic mass is 10.3. The van der Waals surface area contributed by atoms with Crippen LogP contribution in [0.1, 0.15) is 6.92 Å². The number of thioether (sulfide) groups is 1. The van der Waals surface area contributed by atoms with Crippen LogP contribution in [0.15, 0.2) is 0 Å². The van der Waals surface area contributed by atoms with Crippen LogP contribution in [0.5, 0.6) is 0 Å². The van der Waals surface area contributed by atoms with Gasteiger partial charge in [0.05, 0.1) is 0 Å². The molecule has 13 heavy (non-hydrogen) atoms. The van der Waals surface area contributed by atoms with Gasteiger partial charge in [0, 0.05) is 44.9 Å². The van der Waals surface area contributed by atoms with Crippen LogP contribution in [-0.4, -0.2) is 56.0 Å². The summed E-state index contributed by atoms with van der Waals surface area (Å²) in [5, 5.41) is 0.739. The predicted octanol–water partition coefficient (Wildman–Crippen LogP) is 1.04. The van der Waals surface area contributed by atoms with Crippen molar-refractivity contribution in [3.63, 3.8) is 0 Å². The van der Waals surface area contributed by atoms with E-state index < -0.39 is 0 Å². The Morgan fingerprint density at radius 3 is 2.69 bits per heavy atom. The zero-order valence-electron chi connectivity index (χ0n) is 8.66. The molecule has 0 amide bonds. The highest BCUT2D eigenvalue weighted by Gasteiger charge is 2.19. The molecule has 0 aromatic rings. The summed E-state index contributed by atoms with van der Waals surface area (Å²) in [4.78, 5) is 2.40. The van der Waals surface area contributed by atoms with Crippen molar-refractivity contribution in [2.24, 2.45) is 0 Å². The van der Waals surface area contributed by atoms with Crippen LogP contribution < -0.4 is 0 Å². The van der Waals surface area contributed by atoms with Gasteiger partial charge in [-0.1, -0.05) is 6.92 Å². The predicted molar refractivity (Wildman–Crippen MR) is 56.2 cm³/mol.